The summed E-state index contributed by atoms with van der Waals surface area (Å²) in [6, 6.07) is 3.50. The molecule has 4 fully saturated rings. The predicted molar refractivity (Wildman–Crippen MR) is 133 cm³/mol. The summed E-state index contributed by atoms with van der Waals surface area (Å²) in [6.45, 7) is 10.7. The molecular weight excluding hydrogens is 431 g/mol. The highest BCUT2D eigenvalue weighted by Gasteiger charge is 2.57. The number of benzene rings is 1. The summed E-state index contributed by atoms with van der Waals surface area (Å²) in [6.07, 6.45) is 0.769. The standard InChI is InChI=1S/C26H41BN2O5/c1-13-7-16(24(33-6)19(27)8-13)11-29-23(22(15(3)31)21(12-30)34-29)25(32)28-20-10-17-9-18(14(20)2)26(17,4)5/h7-8,14-15,17-18,20-23,30-31H,9-12,27H2,1-6H3,(H,28,32)/t14-,15-,17+,18-,20-,21-,22+,23-/m0/s1. The Morgan fingerprint density at radius 1 is 1.38 bits per heavy atom. The van der Waals surface area contributed by atoms with Gasteiger partial charge < -0.3 is 20.3 Å². The Morgan fingerprint density at radius 3 is 2.65 bits per heavy atom. The molecule has 3 aliphatic carbocycles. The molecule has 0 unspecified atom stereocenters. The molecule has 1 amide bonds. The van der Waals surface area contributed by atoms with E-state index in [1.54, 1.807) is 19.1 Å². The van der Waals surface area contributed by atoms with E-state index in [1.807, 2.05) is 20.8 Å². The van der Waals surface area contributed by atoms with Crippen molar-refractivity contribution in [2.24, 2.45) is 29.1 Å². The molecule has 5 rings (SSSR count). The number of aliphatic hydroxyl groups excluding tert-OH is 2. The van der Waals surface area contributed by atoms with E-state index < -0.39 is 24.2 Å². The Labute approximate surface area is 204 Å². The molecule has 3 saturated carbocycles. The smallest absolute Gasteiger partial charge is 0.240 e. The number of hydrogen-bond acceptors (Lipinski definition) is 6. The highest BCUT2D eigenvalue weighted by Crippen LogP contribution is 2.61. The molecule has 4 aliphatic rings. The third-order valence-corrected chi connectivity index (χ3v) is 9.09. The first kappa shape index (κ1) is 25.5. The van der Waals surface area contributed by atoms with E-state index in [2.05, 4.69) is 32.2 Å². The van der Waals surface area contributed by atoms with Gasteiger partial charge in [0.2, 0.25) is 5.91 Å². The van der Waals surface area contributed by atoms with Crippen molar-refractivity contribution < 1.29 is 24.6 Å². The number of ether oxygens (including phenoxy) is 1. The Morgan fingerprint density at radius 2 is 2.09 bits per heavy atom. The number of amides is 1. The predicted octanol–water partition coefficient (Wildman–Crippen LogP) is 0.923. The number of rotatable bonds is 7. The lowest BCUT2D eigenvalue weighted by molar-refractivity contribution is -0.183. The van der Waals surface area contributed by atoms with Crippen molar-refractivity contribution in [1.29, 1.82) is 0 Å². The summed E-state index contributed by atoms with van der Waals surface area (Å²) < 4.78 is 5.65. The zero-order valence-electron chi connectivity index (χ0n) is 21.7. The van der Waals surface area contributed by atoms with Gasteiger partial charge in [-0.05, 0) is 55.3 Å². The molecule has 34 heavy (non-hydrogen) atoms. The Balaban J connectivity index is 1.59. The summed E-state index contributed by atoms with van der Waals surface area (Å²) in [7, 11) is 3.64. The molecule has 3 N–H and O–H groups in total. The minimum atomic E-state index is -0.810. The van der Waals surface area contributed by atoms with Gasteiger partial charge in [0.15, 0.2) is 0 Å². The number of hydroxylamine groups is 2. The van der Waals surface area contributed by atoms with Gasteiger partial charge in [-0.15, -0.1) is 0 Å². The summed E-state index contributed by atoms with van der Waals surface area (Å²) >= 11 is 0. The molecule has 8 atom stereocenters. The summed E-state index contributed by atoms with van der Waals surface area (Å²) in [5, 5.41) is 25.6. The van der Waals surface area contributed by atoms with Crippen molar-refractivity contribution in [1.82, 2.24) is 10.4 Å². The summed E-state index contributed by atoms with van der Waals surface area (Å²) in [4.78, 5) is 19.8. The number of fused-ring (bicyclic) bond motifs is 2. The minimum Gasteiger partial charge on any atom is -0.497 e. The third kappa shape index (κ3) is 4.27. The zero-order chi connectivity index (χ0) is 24.9. The molecule has 1 aromatic carbocycles. The fraction of sp³-hybridized carbons (Fsp3) is 0.731. The SMILES string of the molecule is Bc1cc(C)cc(CN2O[C@@H](CO)[C@@H]([C@H](C)O)[C@H]2C(=O)N[C@H]2C[C@H]3C[C@@H]([C@@H]2C)C3(C)C)c1OC. The zero-order valence-corrected chi connectivity index (χ0v) is 21.7. The second-order valence-electron chi connectivity index (χ2n) is 11.5. The van der Waals surface area contributed by atoms with Gasteiger partial charge in [-0.25, -0.2) is 0 Å². The first-order valence-electron chi connectivity index (χ1n) is 12.7. The highest BCUT2D eigenvalue weighted by molar-refractivity contribution is 6.34. The number of aryl methyl sites for hydroxylation is 1. The van der Waals surface area contributed by atoms with Gasteiger partial charge in [-0.2, -0.15) is 5.06 Å². The topological polar surface area (TPSA) is 91.3 Å². The van der Waals surface area contributed by atoms with E-state index in [-0.39, 0.29) is 18.6 Å². The summed E-state index contributed by atoms with van der Waals surface area (Å²) in [5.41, 5.74) is 3.36. The van der Waals surface area contributed by atoms with Crippen molar-refractivity contribution in [3.63, 3.8) is 0 Å². The van der Waals surface area contributed by atoms with E-state index in [4.69, 9.17) is 9.57 Å². The Kier molecular flexibility index (Phi) is 7.09. The molecule has 1 saturated heterocycles. The maximum atomic E-state index is 13.8. The quantitative estimate of drug-likeness (QED) is 0.512. The van der Waals surface area contributed by atoms with Crippen molar-refractivity contribution >= 4 is 19.2 Å². The van der Waals surface area contributed by atoms with Crippen molar-refractivity contribution in [2.75, 3.05) is 13.7 Å². The molecule has 0 spiro atoms. The van der Waals surface area contributed by atoms with Crippen LogP contribution >= 0.6 is 0 Å². The molecule has 0 aromatic heterocycles. The van der Waals surface area contributed by atoms with E-state index in [9.17, 15) is 15.0 Å². The van der Waals surface area contributed by atoms with Crippen LogP contribution in [0.5, 0.6) is 5.75 Å². The first-order valence-corrected chi connectivity index (χ1v) is 12.7. The average Bonchev–Trinajstić information content (AvgIpc) is 3.13. The fourth-order valence-corrected chi connectivity index (χ4v) is 7.10. The number of carbonyl (C=O) groups is 1. The molecule has 1 aromatic rings. The van der Waals surface area contributed by atoms with Crippen LogP contribution in [0.3, 0.4) is 0 Å². The van der Waals surface area contributed by atoms with Gasteiger partial charge in [-0.1, -0.05) is 38.5 Å². The van der Waals surface area contributed by atoms with Crippen LogP contribution in [0.4, 0.5) is 0 Å². The molecule has 1 heterocycles. The molecule has 1 aliphatic heterocycles. The number of hydrogen-bond donors (Lipinski definition) is 3. The number of aliphatic hydroxyl groups is 2. The average molecular weight is 472 g/mol. The lowest BCUT2D eigenvalue weighted by Gasteiger charge is -2.62. The second-order valence-corrected chi connectivity index (χ2v) is 11.5. The normalized spacial score (nSPS) is 35.5. The second kappa shape index (κ2) is 9.45. The van der Waals surface area contributed by atoms with Gasteiger partial charge in [0.05, 0.1) is 26.4 Å². The maximum absolute atomic E-state index is 13.8. The van der Waals surface area contributed by atoms with Crippen LogP contribution in [0.1, 0.15) is 51.7 Å². The van der Waals surface area contributed by atoms with Crippen LogP contribution in [0.25, 0.3) is 0 Å². The summed E-state index contributed by atoms with van der Waals surface area (Å²) in [5.74, 6) is 1.74. The van der Waals surface area contributed by atoms with Gasteiger partial charge in [-0.3, -0.25) is 9.63 Å². The van der Waals surface area contributed by atoms with Gasteiger partial charge in [0.1, 0.15) is 25.7 Å². The Hall–Kier alpha value is -1.61. The number of nitrogens with one attached hydrogen (secondary N) is 1. The monoisotopic (exact) mass is 472 g/mol. The fourth-order valence-electron chi connectivity index (χ4n) is 7.10. The maximum Gasteiger partial charge on any atom is 0.240 e. The molecule has 8 heteroatoms. The molecule has 2 bridgehead atoms. The van der Waals surface area contributed by atoms with E-state index in [1.165, 1.54) is 6.42 Å². The number of carbonyl (C=O) groups excluding carboxylic acids is 1. The number of nitrogens with zero attached hydrogens (tertiary/aromatic N) is 1. The van der Waals surface area contributed by atoms with Gasteiger partial charge >= 0.3 is 0 Å². The lowest BCUT2D eigenvalue weighted by Crippen LogP contribution is -2.62. The van der Waals surface area contributed by atoms with E-state index >= 15 is 0 Å². The lowest BCUT2D eigenvalue weighted by atomic mass is 9.45. The molecule has 7 nitrogen and oxygen atoms in total. The van der Waals surface area contributed by atoms with Crippen LogP contribution in [0.2, 0.25) is 0 Å². The van der Waals surface area contributed by atoms with Crippen LogP contribution in [-0.4, -0.2) is 67.0 Å². The highest BCUT2D eigenvalue weighted by atomic mass is 16.7. The van der Waals surface area contributed by atoms with Crippen molar-refractivity contribution in [3.8, 4) is 5.75 Å². The van der Waals surface area contributed by atoms with Crippen LogP contribution in [-0.2, 0) is 16.2 Å². The van der Waals surface area contributed by atoms with Crippen molar-refractivity contribution in [3.05, 3.63) is 23.3 Å². The van der Waals surface area contributed by atoms with E-state index in [0.29, 0.717) is 29.7 Å². The van der Waals surface area contributed by atoms with Crippen LogP contribution in [0, 0.1) is 36.0 Å². The van der Waals surface area contributed by atoms with Crippen LogP contribution < -0.4 is 15.5 Å². The third-order valence-electron chi connectivity index (χ3n) is 9.09. The Bertz CT molecular complexity index is 923. The van der Waals surface area contributed by atoms with E-state index in [0.717, 1.165) is 28.8 Å². The van der Waals surface area contributed by atoms with Crippen molar-refractivity contribution in [2.45, 2.75) is 78.3 Å². The largest absolute Gasteiger partial charge is 0.497 e. The van der Waals surface area contributed by atoms with Gasteiger partial charge in [0, 0.05) is 17.5 Å². The molecule has 0 radical (unpaired) electrons. The molecular formula is C26H41BN2O5. The van der Waals surface area contributed by atoms with Gasteiger partial charge in [0.25, 0.3) is 0 Å². The minimum absolute atomic E-state index is 0.115. The molecule has 188 valence electrons. The first-order chi connectivity index (χ1) is 16.0. The number of methoxy groups -OCH3 is 1. The van der Waals surface area contributed by atoms with Crippen LogP contribution in [0.15, 0.2) is 12.1 Å².